The zero-order chi connectivity index (χ0) is 19.4. The summed E-state index contributed by atoms with van der Waals surface area (Å²) < 4.78 is 13.2. The van der Waals surface area contributed by atoms with Crippen molar-refractivity contribution in [3.63, 3.8) is 0 Å². The number of halogens is 2. The molecule has 5 nitrogen and oxygen atoms in total. The highest BCUT2D eigenvalue weighted by Crippen LogP contribution is 2.22. The fourth-order valence-corrected chi connectivity index (χ4v) is 2.60. The van der Waals surface area contributed by atoms with Crippen molar-refractivity contribution >= 4 is 40.3 Å². The summed E-state index contributed by atoms with van der Waals surface area (Å²) >= 11 is 5.74. The predicted octanol–water partition coefficient (Wildman–Crippen LogP) is 4.94. The summed E-state index contributed by atoms with van der Waals surface area (Å²) in [5.41, 5.74) is 3.42. The second-order valence-corrected chi connectivity index (χ2v) is 6.52. The first-order chi connectivity index (χ1) is 12.9. The van der Waals surface area contributed by atoms with Gasteiger partial charge in [0.25, 0.3) is 5.91 Å². The Kier molecular flexibility index (Phi) is 5.57. The number of amides is 1. The van der Waals surface area contributed by atoms with Crippen molar-refractivity contribution < 1.29 is 9.18 Å². The van der Waals surface area contributed by atoms with Gasteiger partial charge in [0.2, 0.25) is 0 Å². The lowest BCUT2D eigenvalue weighted by molar-refractivity contribution is 0.102. The number of nitrogens with zero attached hydrogens (tertiary/aromatic N) is 2. The highest BCUT2D eigenvalue weighted by molar-refractivity contribution is 6.31. The zero-order valence-electron chi connectivity index (χ0n) is 14.8. The molecule has 0 spiro atoms. The van der Waals surface area contributed by atoms with E-state index in [9.17, 15) is 9.18 Å². The average Bonchev–Trinajstić information content (AvgIpc) is 2.65. The Bertz CT molecular complexity index is 960. The van der Waals surface area contributed by atoms with Crippen LogP contribution in [0.25, 0.3) is 0 Å². The molecule has 0 saturated carbocycles. The second-order valence-electron chi connectivity index (χ2n) is 6.11. The standard InChI is InChI=1S/C20H18ClFN4O/c1-26(2)17-6-3-14(4-7-17)24-16-9-13(11-23-12-16)20(27)25-15-5-8-19(22)18(21)10-15/h3-12,24H,1-2H3,(H,25,27). The third kappa shape index (κ3) is 4.74. The number of carbonyl (C=O) groups excluding carboxylic acids is 1. The molecule has 1 amide bonds. The van der Waals surface area contributed by atoms with Gasteiger partial charge in [-0.05, 0) is 48.5 Å². The molecule has 2 N–H and O–H groups in total. The predicted molar refractivity (Wildman–Crippen MR) is 108 cm³/mol. The van der Waals surface area contributed by atoms with E-state index in [0.29, 0.717) is 16.9 Å². The maximum atomic E-state index is 13.2. The van der Waals surface area contributed by atoms with E-state index in [-0.39, 0.29) is 10.9 Å². The highest BCUT2D eigenvalue weighted by atomic mass is 35.5. The molecule has 1 heterocycles. The van der Waals surface area contributed by atoms with E-state index in [2.05, 4.69) is 15.6 Å². The lowest BCUT2D eigenvalue weighted by atomic mass is 10.2. The van der Waals surface area contributed by atoms with E-state index < -0.39 is 5.82 Å². The first-order valence-corrected chi connectivity index (χ1v) is 8.56. The van der Waals surface area contributed by atoms with Gasteiger partial charge in [-0.2, -0.15) is 0 Å². The molecule has 0 aliphatic heterocycles. The van der Waals surface area contributed by atoms with Crippen LogP contribution in [0.3, 0.4) is 0 Å². The molecule has 3 rings (SSSR count). The number of carbonyl (C=O) groups is 1. The molecular weight excluding hydrogens is 367 g/mol. The summed E-state index contributed by atoms with van der Waals surface area (Å²) in [6.07, 6.45) is 3.09. The third-order valence-electron chi connectivity index (χ3n) is 3.85. The minimum atomic E-state index is -0.539. The number of pyridine rings is 1. The first kappa shape index (κ1) is 18.7. The minimum absolute atomic E-state index is 0.0532. The van der Waals surface area contributed by atoms with Crippen LogP contribution in [0.15, 0.2) is 60.9 Å². The Labute approximate surface area is 161 Å². The van der Waals surface area contributed by atoms with Crippen molar-refractivity contribution in [1.29, 1.82) is 0 Å². The Hall–Kier alpha value is -3.12. The van der Waals surface area contributed by atoms with E-state index in [1.807, 2.05) is 43.3 Å². The van der Waals surface area contributed by atoms with Crippen molar-refractivity contribution in [2.45, 2.75) is 0 Å². The van der Waals surface area contributed by atoms with Crippen LogP contribution in [-0.4, -0.2) is 25.0 Å². The summed E-state index contributed by atoms with van der Waals surface area (Å²) in [5, 5.41) is 5.83. The molecular formula is C20H18ClFN4O. The number of aromatic nitrogens is 1. The molecule has 138 valence electrons. The topological polar surface area (TPSA) is 57.3 Å². The van der Waals surface area contributed by atoms with Gasteiger partial charge in [0.05, 0.1) is 22.5 Å². The SMILES string of the molecule is CN(C)c1ccc(Nc2cncc(C(=O)Nc3ccc(F)c(Cl)c3)c2)cc1. The van der Waals surface area contributed by atoms with E-state index in [0.717, 1.165) is 11.4 Å². The molecule has 0 atom stereocenters. The van der Waals surface area contributed by atoms with Crippen LogP contribution in [0.4, 0.5) is 27.1 Å². The van der Waals surface area contributed by atoms with Crippen LogP contribution in [0, 0.1) is 5.82 Å². The minimum Gasteiger partial charge on any atom is -0.378 e. The first-order valence-electron chi connectivity index (χ1n) is 8.18. The van der Waals surface area contributed by atoms with Crippen molar-refractivity contribution in [2.75, 3.05) is 29.6 Å². The fourth-order valence-electron chi connectivity index (χ4n) is 2.42. The quantitative estimate of drug-likeness (QED) is 0.654. The molecule has 3 aromatic rings. The molecule has 7 heteroatoms. The van der Waals surface area contributed by atoms with Gasteiger partial charge >= 0.3 is 0 Å². The van der Waals surface area contributed by atoms with Gasteiger partial charge in [-0.15, -0.1) is 0 Å². The molecule has 0 radical (unpaired) electrons. The van der Waals surface area contributed by atoms with E-state index >= 15 is 0 Å². The summed E-state index contributed by atoms with van der Waals surface area (Å²) in [6, 6.07) is 13.6. The number of hydrogen-bond acceptors (Lipinski definition) is 4. The van der Waals surface area contributed by atoms with E-state index in [1.54, 1.807) is 12.3 Å². The average molecular weight is 385 g/mol. The molecule has 1 aromatic heterocycles. The van der Waals surface area contributed by atoms with E-state index in [4.69, 9.17) is 11.6 Å². The molecule has 0 unspecified atom stereocenters. The summed E-state index contributed by atoms with van der Waals surface area (Å²) in [5.74, 6) is -0.903. The lowest BCUT2D eigenvalue weighted by Crippen LogP contribution is -2.12. The summed E-state index contributed by atoms with van der Waals surface area (Å²) in [7, 11) is 3.95. The van der Waals surface area contributed by atoms with Gasteiger partial charge in [-0.25, -0.2) is 4.39 Å². The largest absolute Gasteiger partial charge is 0.378 e. The van der Waals surface area contributed by atoms with Crippen molar-refractivity contribution in [3.8, 4) is 0 Å². The molecule has 0 saturated heterocycles. The van der Waals surface area contributed by atoms with Gasteiger partial charge in [-0.1, -0.05) is 11.6 Å². The summed E-state index contributed by atoms with van der Waals surface area (Å²) in [4.78, 5) is 18.5. The lowest BCUT2D eigenvalue weighted by Gasteiger charge is -2.13. The second kappa shape index (κ2) is 8.05. The van der Waals surface area contributed by atoms with Gasteiger partial charge in [0.15, 0.2) is 0 Å². The maximum absolute atomic E-state index is 13.2. The Balaban J connectivity index is 1.72. The Morgan fingerprint density at radius 1 is 1.00 bits per heavy atom. The molecule has 0 fully saturated rings. The van der Waals surface area contributed by atoms with Gasteiger partial charge in [-0.3, -0.25) is 9.78 Å². The van der Waals surface area contributed by atoms with Crippen molar-refractivity contribution in [3.05, 3.63) is 77.3 Å². The Morgan fingerprint density at radius 3 is 2.37 bits per heavy atom. The van der Waals surface area contributed by atoms with Crippen molar-refractivity contribution in [2.24, 2.45) is 0 Å². The fraction of sp³-hybridized carbons (Fsp3) is 0.100. The van der Waals surface area contributed by atoms with Gasteiger partial charge < -0.3 is 15.5 Å². The van der Waals surface area contributed by atoms with Crippen LogP contribution in [0.5, 0.6) is 0 Å². The highest BCUT2D eigenvalue weighted by Gasteiger charge is 2.09. The molecule has 2 aromatic carbocycles. The van der Waals surface area contributed by atoms with Crippen molar-refractivity contribution in [1.82, 2.24) is 4.98 Å². The number of nitrogens with one attached hydrogen (secondary N) is 2. The van der Waals surface area contributed by atoms with Crippen LogP contribution in [0.2, 0.25) is 5.02 Å². The Morgan fingerprint density at radius 2 is 1.70 bits per heavy atom. The van der Waals surface area contributed by atoms with Gasteiger partial charge in [0.1, 0.15) is 5.82 Å². The maximum Gasteiger partial charge on any atom is 0.257 e. The molecule has 0 aliphatic carbocycles. The molecule has 0 aliphatic rings. The number of rotatable bonds is 5. The van der Waals surface area contributed by atoms with Crippen LogP contribution in [0.1, 0.15) is 10.4 Å². The van der Waals surface area contributed by atoms with Crippen LogP contribution >= 0.6 is 11.6 Å². The molecule has 0 bridgehead atoms. The smallest absolute Gasteiger partial charge is 0.257 e. The van der Waals surface area contributed by atoms with E-state index in [1.165, 1.54) is 24.4 Å². The van der Waals surface area contributed by atoms with Crippen LogP contribution in [-0.2, 0) is 0 Å². The molecule has 27 heavy (non-hydrogen) atoms. The monoisotopic (exact) mass is 384 g/mol. The van der Waals surface area contributed by atoms with Crippen LogP contribution < -0.4 is 15.5 Å². The number of anilines is 4. The number of benzene rings is 2. The normalized spacial score (nSPS) is 10.4. The third-order valence-corrected chi connectivity index (χ3v) is 4.14. The number of hydrogen-bond donors (Lipinski definition) is 2. The van der Waals surface area contributed by atoms with Gasteiger partial charge in [0, 0.05) is 37.4 Å². The zero-order valence-corrected chi connectivity index (χ0v) is 15.6. The summed E-state index contributed by atoms with van der Waals surface area (Å²) in [6.45, 7) is 0.